The van der Waals surface area contributed by atoms with Gasteiger partial charge in [-0.2, -0.15) is 0 Å². The van der Waals surface area contributed by atoms with Crippen molar-refractivity contribution < 1.29 is 23.0 Å². The minimum atomic E-state index is -3.91. The van der Waals surface area contributed by atoms with Gasteiger partial charge < -0.3 is 9.38 Å². The first-order chi connectivity index (χ1) is 14.8. The second-order valence-electron chi connectivity index (χ2n) is 9.93. The smallest absolute Gasteiger partial charge is 0.328 e. The van der Waals surface area contributed by atoms with Crippen LogP contribution in [0.15, 0.2) is 12.2 Å². The molecule has 0 spiro atoms. The van der Waals surface area contributed by atoms with E-state index in [1.165, 1.54) is 70.6 Å². The van der Waals surface area contributed by atoms with Gasteiger partial charge >= 0.3 is 7.82 Å². The Morgan fingerprint density at radius 3 is 1.87 bits per heavy atom. The number of hydrogen-bond donors (Lipinski definition) is 1. The molecule has 0 aromatic rings. The molecular formula is C25H51NO4P+. The molecule has 6 heteroatoms. The van der Waals surface area contributed by atoms with Gasteiger partial charge in [-0.3, -0.25) is 9.05 Å². The van der Waals surface area contributed by atoms with Crippen molar-refractivity contribution in [1.82, 2.24) is 0 Å². The van der Waals surface area contributed by atoms with Crippen LogP contribution in [0, 0.1) is 0 Å². The lowest BCUT2D eigenvalue weighted by Crippen LogP contribution is -2.47. The third kappa shape index (κ3) is 17.0. The molecule has 0 amide bonds. The first kappa shape index (κ1) is 28.8. The maximum absolute atomic E-state index is 12.1. The van der Waals surface area contributed by atoms with Gasteiger partial charge in [0, 0.05) is 12.8 Å². The summed E-state index contributed by atoms with van der Waals surface area (Å²) in [6, 6.07) is 0. The molecule has 1 aliphatic rings. The Labute approximate surface area is 192 Å². The summed E-state index contributed by atoms with van der Waals surface area (Å²) in [5, 5.41) is 0. The first-order valence-corrected chi connectivity index (χ1v) is 14.5. The summed E-state index contributed by atoms with van der Waals surface area (Å²) >= 11 is 0. The Morgan fingerprint density at radius 2 is 1.32 bits per heavy atom. The molecule has 0 bridgehead atoms. The van der Waals surface area contributed by atoms with Crippen molar-refractivity contribution in [1.29, 1.82) is 0 Å². The van der Waals surface area contributed by atoms with Gasteiger partial charge in [-0.25, -0.2) is 4.57 Å². The van der Waals surface area contributed by atoms with E-state index >= 15 is 0 Å². The van der Waals surface area contributed by atoms with Crippen molar-refractivity contribution in [3.8, 4) is 0 Å². The highest BCUT2D eigenvalue weighted by atomic mass is 31.2. The molecule has 31 heavy (non-hydrogen) atoms. The fourth-order valence-electron chi connectivity index (χ4n) is 4.10. The third-order valence-corrected chi connectivity index (χ3v) is 7.38. The predicted octanol–water partition coefficient (Wildman–Crippen LogP) is 7.40. The molecule has 1 heterocycles. The van der Waals surface area contributed by atoms with E-state index < -0.39 is 7.82 Å². The van der Waals surface area contributed by atoms with Crippen LogP contribution in [-0.2, 0) is 13.6 Å². The number of quaternary nitrogens is 1. The average molecular weight is 461 g/mol. The highest BCUT2D eigenvalue weighted by molar-refractivity contribution is 7.47. The number of hydrogen-bond acceptors (Lipinski definition) is 3. The van der Waals surface area contributed by atoms with Gasteiger partial charge in [0.25, 0.3) is 0 Å². The Morgan fingerprint density at radius 1 is 0.839 bits per heavy atom. The summed E-state index contributed by atoms with van der Waals surface area (Å²) in [6.45, 7) is 4.52. The zero-order valence-corrected chi connectivity index (χ0v) is 21.6. The molecule has 184 valence electrons. The van der Waals surface area contributed by atoms with E-state index in [4.69, 9.17) is 9.05 Å². The zero-order chi connectivity index (χ0) is 22.8. The standard InChI is InChI=1S/C25H50NO4P/c1-4-5-6-7-8-9-10-11-12-13-14-15-16-17-18-19-24-29-31(27,28)30-25-20-22-26(2,3)23-21-25/h11-12,25H,4-10,13-24H2,1-3H3/p+1/b12-11-. The van der Waals surface area contributed by atoms with Crippen LogP contribution in [0.5, 0.6) is 0 Å². The van der Waals surface area contributed by atoms with Crippen molar-refractivity contribution in [3.63, 3.8) is 0 Å². The van der Waals surface area contributed by atoms with Crippen LogP contribution < -0.4 is 0 Å². The van der Waals surface area contributed by atoms with Gasteiger partial charge in [-0.1, -0.05) is 76.9 Å². The van der Waals surface area contributed by atoms with Crippen LogP contribution in [0.4, 0.5) is 0 Å². The molecule has 0 radical (unpaired) electrons. The molecule has 1 saturated heterocycles. The van der Waals surface area contributed by atoms with E-state index in [0.717, 1.165) is 49.7 Å². The van der Waals surface area contributed by atoms with Crippen molar-refractivity contribution in [2.24, 2.45) is 0 Å². The van der Waals surface area contributed by atoms with Gasteiger partial charge in [0.1, 0.15) is 0 Å². The molecular weight excluding hydrogens is 409 g/mol. The van der Waals surface area contributed by atoms with E-state index in [1.807, 2.05) is 0 Å². The van der Waals surface area contributed by atoms with Gasteiger partial charge in [0.05, 0.1) is 39.9 Å². The minimum Gasteiger partial charge on any atom is -0.328 e. The Kier molecular flexibility index (Phi) is 16.1. The van der Waals surface area contributed by atoms with E-state index in [9.17, 15) is 9.46 Å². The highest BCUT2D eigenvalue weighted by Crippen LogP contribution is 2.46. The Bertz CT molecular complexity index is 500. The summed E-state index contributed by atoms with van der Waals surface area (Å²) in [6.07, 6.45) is 23.6. The monoisotopic (exact) mass is 460 g/mol. The average Bonchev–Trinajstić information content (AvgIpc) is 2.72. The van der Waals surface area contributed by atoms with Crippen LogP contribution in [0.3, 0.4) is 0 Å². The summed E-state index contributed by atoms with van der Waals surface area (Å²) < 4.78 is 23.6. The number of phosphoric ester groups is 1. The summed E-state index contributed by atoms with van der Waals surface area (Å²) in [5.74, 6) is 0. The summed E-state index contributed by atoms with van der Waals surface area (Å²) in [4.78, 5) is 9.92. The van der Waals surface area contributed by atoms with E-state index in [0.29, 0.717) is 6.61 Å². The van der Waals surface area contributed by atoms with Crippen LogP contribution >= 0.6 is 7.82 Å². The van der Waals surface area contributed by atoms with Crippen molar-refractivity contribution >= 4 is 7.82 Å². The number of likely N-dealkylation sites (tertiary alicyclic amines) is 1. The number of unbranched alkanes of at least 4 members (excludes halogenated alkanes) is 12. The molecule has 1 rings (SSSR count). The maximum Gasteiger partial charge on any atom is 0.472 e. The lowest BCUT2D eigenvalue weighted by molar-refractivity contribution is -0.896. The normalized spacial score (nSPS) is 19.1. The number of rotatable bonds is 19. The topological polar surface area (TPSA) is 55.8 Å². The first-order valence-electron chi connectivity index (χ1n) is 13.0. The fraction of sp³-hybridized carbons (Fsp3) is 0.920. The van der Waals surface area contributed by atoms with E-state index in [2.05, 4.69) is 33.2 Å². The quantitative estimate of drug-likeness (QED) is 0.0944. The molecule has 1 aliphatic heterocycles. The van der Waals surface area contributed by atoms with Crippen LogP contribution in [0.2, 0.25) is 0 Å². The van der Waals surface area contributed by atoms with Crippen LogP contribution in [-0.4, -0.2) is 49.3 Å². The highest BCUT2D eigenvalue weighted by Gasteiger charge is 2.32. The van der Waals surface area contributed by atoms with E-state index in [-0.39, 0.29) is 6.10 Å². The SMILES string of the molecule is CCCCCCCC/C=C\CCCCCCCCO[P@](=O)(O)OC1CC[N+](C)(C)CC1. The number of piperidine rings is 1. The molecule has 1 N–H and O–H groups in total. The molecule has 0 saturated carbocycles. The second kappa shape index (κ2) is 17.3. The van der Waals surface area contributed by atoms with Crippen LogP contribution in [0.1, 0.15) is 110 Å². The lowest BCUT2D eigenvalue weighted by Gasteiger charge is -2.37. The second-order valence-corrected chi connectivity index (χ2v) is 11.3. The Balaban J connectivity index is 1.87. The fourth-order valence-corrected chi connectivity index (χ4v) is 5.11. The van der Waals surface area contributed by atoms with Crippen molar-refractivity contribution in [2.45, 2.75) is 116 Å². The number of nitrogens with zero attached hydrogens (tertiary/aromatic N) is 1. The van der Waals surface area contributed by atoms with Gasteiger partial charge in [-0.15, -0.1) is 0 Å². The lowest BCUT2D eigenvalue weighted by atomic mass is 10.1. The Hall–Kier alpha value is -0.190. The molecule has 0 aromatic heterocycles. The third-order valence-electron chi connectivity index (χ3n) is 6.31. The maximum atomic E-state index is 12.1. The van der Waals surface area contributed by atoms with Crippen LogP contribution in [0.25, 0.3) is 0 Å². The number of allylic oxidation sites excluding steroid dienone is 2. The molecule has 0 aliphatic carbocycles. The predicted molar refractivity (Wildman–Crippen MR) is 131 cm³/mol. The van der Waals surface area contributed by atoms with E-state index in [1.54, 1.807) is 0 Å². The summed E-state index contributed by atoms with van der Waals surface area (Å²) in [5.41, 5.74) is 0. The molecule has 1 fully saturated rings. The summed E-state index contributed by atoms with van der Waals surface area (Å²) in [7, 11) is 0.452. The minimum absolute atomic E-state index is 0.151. The van der Waals surface area contributed by atoms with Gasteiger partial charge in [0.2, 0.25) is 0 Å². The molecule has 0 unspecified atom stereocenters. The van der Waals surface area contributed by atoms with Crippen molar-refractivity contribution in [3.05, 3.63) is 12.2 Å². The van der Waals surface area contributed by atoms with Gasteiger partial charge in [0.15, 0.2) is 0 Å². The van der Waals surface area contributed by atoms with Crippen molar-refractivity contribution in [2.75, 3.05) is 33.8 Å². The number of phosphoric acid groups is 1. The largest absolute Gasteiger partial charge is 0.472 e. The zero-order valence-electron chi connectivity index (χ0n) is 20.7. The molecule has 0 aromatic carbocycles. The van der Waals surface area contributed by atoms with Gasteiger partial charge in [-0.05, 0) is 32.1 Å². The molecule has 1 atom stereocenters. The molecule has 5 nitrogen and oxygen atoms in total.